The minimum absolute atomic E-state index is 0.000259. The van der Waals surface area contributed by atoms with Crippen molar-refractivity contribution in [1.82, 2.24) is 14.9 Å². The zero-order valence-corrected chi connectivity index (χ0v) is 16.4. The summed E-state index contributed by atoms with van der Waals surface area (Å²) >= 11 is 3.48. The number of carbonyl (C=O) groups excluding carboxylic acids is 1. The molecule has 0 radical (unpaired) electrons. The number of sulfonamides is 1. The average Bonchev–Trinajstić information content (AvgIpc) is 2.55. The molecule has 1 heterocycles. The summed E-state index contributed by atoms with van der Waals surface area (Å²) in [6.07, 6.45) is 1.27. The van der Waals surface area contributed by atoms with E-state index in [-0.39, 0.29) is 23.9 Å². The zero-order valence-electron chi connectivity index (χ0n) is 14.0. The SMILES string of the molecule is CCS(=O)(=O)N1CCC(NC(=O)NC(C)c2ccccc2Br)CC1. The van der Waals surface area contributed by atoms with Gasteiger partial charge in [0.25, 0.3) is 0 Å². The molecule has 1 saturated heterocycles. The van der Waals surface area contributed by atoms with Crippen LogP contribution in [-0.2, 0) is 10.0 Å². The molecule has 134 valence electrons. The maximum Gasteiger partial charge on any atom is 0.315 e. The number of benzene rings is 1. The first-order valence-electron chi connectivity index (χ1n) is 8.12. The highest BCUT2D eigenvalue weighted by molar-refractivity contribution is 9.10. The molecule has 0 aliphatic carbocycles. The second-order valence-electron chi connectivity index (χ2n) is 5.93. The summed E-state index contributed by atoms with van der Waals surface area (Å²) in [6.45, 7) is 4.49. The van der Waals surface area contributed by atoms with Crippen molar-refractivity contribution < 1.29 is 13.2 Å². The van der Waals surface area contributed by atoms with Crippen molar-refractivity contribution in [2.45, 2.75) is 38.8 Å². The normalized spacial score (nSPS) is 18.1. The highest BCUT2D eigenvalue weighted by Gasteiger charge is 2.27. The Labute approximate surface area is 152 Å². The summed E-state index contributed by atoms with van der Waals surface area (Å²) in [5.41, 5.74) is 1.01. The lowest BCUT2D eigenvalue weighted by Crippen LogP contribution is -2.49. The number of hydrogen-bond donors (Lipinski definition) is 2. The highest BCUT2D eigenvalue weighted by atomic mass is 79.9. The fourth-order valence-electron chi connectivity index (χ4n) is 2.79. The summed E-state index contributed by atoms with van der Waals surface area (Å²) < 4.78 is 26.1. The second kappa shape index (κ2) is 8.31. The Morgan fingerprint density at radius 1 is 1.33 bits per heavy atom. The van der Waals surface area contributed by atoms with E-state index in [0.717, 1.165) is 10.0 Å². The van der Waals surface area contributed by atoms with Gasteiger partial charge >= 0.3 is 6.03 Å². The van der Waals surface area contributed by atoms with E-state index in [9.17, 15) is 13.2 Å². The van der Waals surface area contributed by atoms with E-state index in [4.69, 9.17) is 0 Å². The maximum absolute atomic E-state index is 12.2. The van der Waals surface area contributed by atoms with Gasteiger partial charge in [-0.1, -0.05) is 34.1 Å². The van der Waals surface area contributed by atoms with Crippen LogP contribution in [0.4, 0.5) is 4.79 Å². The fourth-order valence-corrected chi connectivity index (χ4v) is 4.55. The first kappa shape index (κ1) is 19.2. The van der Waals surface area contributed by atoms with Crippen LogP contribution < -0.4 is 10.6 Å². The molecule has 24 heavy (non-hydrogen) atoms. The third kappa shape index (κ3) is 4.94. The van der Waals surface area contributed by atoms with Gasteiger partial charge in [-0.25, -0.2) is 17.5 Å². The molecule has 2 N–H and O–H groups in total. The lowest BCUT2D eigenvalue weighted by molar-refractivity contribution is 0.225. The van der Waals surface area contributed by atoms with Crippen LogP contribution in [0.25, 0.3) is 0 Å². The van der Waals surface area contributed by atoms with Crippen LogP contribution in [0, 0.1) is 0 Å². The Kier molecular flexibility index (Phi) is 6.65. The number of halogens is 1. The van der Waals surface area contributed by atoms with Gasteiger partial charge < -0.3 is 10.6 Å². The second-order valence-corrected chi connectivity index (χ2v) is 9.05. The molecule has 0 spiro atoms. The van der Waals surface area contributed by atoms with Gasteiger partial charge in [0.2, 0.25) is 10.0 Å². The number of amides is 2. The van der Waals surface area contributed by atoms with Gasteiger partial charge in [0.15, 0.2) is 0 Å². The first-order chi connectivity index (χ1) is 11.3. The van der Waals surface area contributed by atoms with Gasteiger partial charge in [-0.05, 0) is 38.3 Å². The quantitative estimate of drug-likeness (QED) is 0.772. The van der Waals surface area contributed by atoms with Gasteiger partial charge in [-0.2, -0.15) is 0 Å². The number of piperidine rings is 1. The molecule has 1 aliphatic rings. The van der Waals surface area contributed by atoms with Crippen molar-refractivity contribution >= 4 is 32.0 Å². The van der Waals surface area contributed by atoms with Gasteiger partial charge in [0.1, 0.15) is 0 Å². The standard InChI is InChI=1S/C16H24BrN3O3S/c1-3-24(22,23)20-10-8-13(9-11-20)19-16(21)18-12(2)14-6-4-5-7-15(14)17/h4-7,12-13H,3,8-11H2,1-2H3,(H2,18,19,21). The van der Waals surface area contributed by atoms with Crippen molar-refractivity contribution in [3.05, 3.63) is 34.3 Å². The molecule has 0 saturated carbocycles. The average molecular weight is 418 g/mol. The van der Waals surface area contributed by atoms with Crippen LogP contribution in [0.1, 0.15) is 38.3 Å². The van der Waals surface area contributed by atoms with Crippen molar-refractivity contribution in [3.8, 4) is 0 Å². The van der Waals surface area contributed by atoms with E-state index in [2.05, 4.69) is 26.6 Å². The van der Waals surface area contributed by atoms with Crippen molar-refractivity contribution in [2.75, 3.05) is 18.8 Å². The molecule has 2 amide bonds. The van der Waals surface area contributed by atoms with Crippen molar-refractivity contribution in [1.29, 1.82) is 0 Å². The predicted molar refractivity (Wildman–Crippen MR) is 98.3 cm³/mol. The minimum Gasteiger partial charge on any atom is -0.335 e. The summed E-state index contributed by atoms with van der Waals surface area (Å²) in [6, 6.07) is 7.41. The Balaban J connectivity index is 1.83. The number of nitrogens with one attached hydrogen (secondary N) is 2. The van der Waals surface area contributed by atoms with Crippen LogP contribution in [0.2, 0.25) is 0 Å². The number of carbonyl (C=O) groups is 1. The number of hydrogen-bond acceptors (Lipinski definition) is 3. The fraction of sp³-hybridized carbons (Fsp3) is 0.562. The minimum atomic E-state index is -3.13. The van der Waals surface area contributed by atoms with E-state index in [0.29, 0.717) is 25.9 Å². The third-order valence-corrected chi connectivity index (χ3v) is 6.87. The van der Waals surface area contributed by atoms with E-state index in [1.165, 1.54) is 4.31 Å². The molecule has 0 bridgehead atoms. The van der Waals surface area contributed by atoms with E-state index in [1.807, 2.05) is 31.2 Å². The summed E-state index contributed by atoms with van der Waals surface area (Å²) in [4.78, 5) is 12.2. The van der Waals surface area contributed by atoms with Gasteiger partial charge in [-0.15, -0.1) is 0 Å². The number of nitrogens with zero attached hydrogens (tertiary/aromatic N) is 1. The summed E-state index contributed by atoms with van der Waals surface area (Å²) in [5, 5.41) is 5.87. The van der Waals surface area contributed by atoms with Crippen LogP contribution >= 0.6 is 15.9 Å². The number of urea groups is 1. The first-order valence-corrected chi connectivity index (χ1v) is 10.5. The van der Waals surface area contributed by atoms with E-state index < -0.39 is 10.0 Å². The zero-order chi connectivity index (χ0) is 17.7. The molecular formula is C16H24BrN3O3S. The van der Waals surface area contributed by atoms with Crippen molar-refractivity contribution in [2.24, 2.45) is 0 Å². The van der Waals surface area contributed by atoms with E-state index in [1.54, 1.807) is 6.92 Å². The Bertz CT molecular complexity index is 673. The van der Waals surface area contributed by atoms with Crippen LogP contribution in [0.5, 0.6) is 0 Å². The predicted octanol–water partition coefficient (Wildman–Crippen LogP) is 2.62. The third-order valence-electron chi connectivity index (χ3n) is 4.27. The Hall–Kier alpha value is -1.12. The highest BCUT2D eigenvalue weighted by Crippen LogP contribution is 2.22. The van der Waals surface area contributed by atoms with Gasteiger partial charge in [0, 0.05) is 23.6 Å². The molecule has 1 aromatic rings. The number of rotatable bonds is 5. The maximum atomic E-state index is 12.2. The van der Waals surface area contributed by atoms with Crippen LogP contribution in [0.3, 0.4) is 0 Å². The van der Waals surface area contributed by atoms with E-state index >= 15 is 0 Å². The molecule has 8 heteroatoms. The molecule has 1 atom stereocenters. The van der Waals surface area contributed by atoms with Crippen molar-refractivity contribution in [3.63, 3.8) is 0 Å². The van der Waals surface area contributed by atoms with Crippen LogP contribution in [0.15, 0.2) is 28.7 Å². The Morgan fingerprint density at radius 3 is 2.54 bits per heavy atom. The molecular weight excluding hydrogens is 394 g/mol. The van der Waals surface area contributed by atoms with Gasteiger partial charge in [0.05, 0.1) is 11.8 Å². The lowest BCUT2D eigenvalue weighted by atomic mass is 10.1. The Morgan fingerprint density at radius 2 is 1.96 bits per heavy atom. The molecule has 2 rings (SSSR count). The van der Waals surface area contributed by atoms with Gasteiger partial charge in [-0.3, -0.25) is 0 Å². The molecule has 6 nitrogen and oxygen atoms in total. The topological polar surface area (TPSA) is 78.5 Å². The molecule has 1 unspecified atom stereocenters. The lowest BCUT2D eigenvalue weighted by Gasteiger charge is -2.31. The largest absolute Gasteiger partial charge is 0.335 e. The summed E-state index contributed by atoms with van der Waals surface area (Å²) in [7, 11) is -3.13. The van der Waals surface area contributed by atoms with Crippen LogP contribution in [-0.4, -0.2) is 43.6 Å². The smallest absolute Gasteiger partial charge is 0.315 e. The molecule has 0 aromatic heterocycles. The summed E-state index contributed by atoms with van der Waals surface area (Å²) in [5.74, 6) is 0.120. The molecule has 1 aliphatic heterocycles. The monoisotopic (exact) mass is 417 g/mol. The molecule has 1 fully saturated rings. The molecule has 1 aromatic carbocycles.